The van der Waals surface area contributed by atoms with E-state index in [0.717, 1.165) is 19.3 Å². The maximum Gasteiger partial charge on any atom is 0.326 e. The van der Waals surface area contributed by atoms with Crippen molar-refractivity contribution in [1.29, 1.82) is 0 Å². The number of aliphatic carboxylic acids is 1. The van der Waals surface area contributed by atoms with E-state index in [2.05, 4.69) is 5.32 Å². The number of ketones is 1. The van der Waals surface area contributed by atoms with Crippen molar-refractivity contribution in [2.45, 2.75) is 52.0 Å². The van der Waals surface area contributed by atoms with Crippen LogP contribution in [0.3, 0.4) is 0 Å². The second-order valence-electron chi connectivity index (χ2n) is 4.68. The van der Waals surface area contributed by atoms with Crippen LogP contribution < -0.4 is 5.32 Å². The number of aliphatic hydroxyl groups excluding tert-OH is 1. The highest BCUT2D eigenvalue weighted by Gasteiger charge is 2.28. The zero-order valence-corrected chi connectivity index (χ0v) is 11.5. The molecule has 3 N–H and O–H groups in total. The van der Waals surface area contributed by atoms with E-state index in [1.54, 1.807) is 0 Å². The molecule has 0 aromatic carbocycles. The van der Waals surface area contributed by atoms with Gasteiger partial charge in [0.15, 0.2) is 0 Å². The molecule has 19 heavy (non-hydrogen) atoms. The lowest BCUT2D eigenvalue weighted by Gasteiger charge is -2.18. The Kier molecular flexibility index (Phi) is 8.78. The Morgan fingerprint density at radius 3 is 2.26 bits per heavy atom. The van der Waals surface area contributed by atoms with Crippen LogP contribution in [0.4, 0.5) is 0 Å². The van der Waals surface area contributed by atoms with Crippen molar-refractivity contribution in [3.63, 3.8) is 0 Å². The molecule has 6 heteroatoms. The van der Waals surface area contributed by atoms with Crippen molar-refractivity contribution in [2.24, 2.45) is 5.92 Å². The molecule has 1 amide bonds. The van der Waals surface area contributed by atoms with Gasteiger partial charge in [0.1, 0.15) is 6.04 Å². The Morgan fingerprint density at radius 1 is 1.16 bits per heavy atom. The Bertz CT molecular complexity index is 316. The van der Waals surface area contributed by atoms with Gasteiger partial charge in [0, 0.05) is 18.9 Å². The average molecular weight is 273 g/mol. The fraction of sp³-hybridized carbons (Fsp3) is 0.769. The summed E-state index contributed by atoms with van der Waals surface area (Å²) >= 11 is 0. The fourth-order valence-corrected chi connectivity index (χ4v) is 1.60. The van der Waals surface area contributed by atoms with Crippen LogP contribution in [0.25, 0.3) is 0 Å². The molecule has 0 aliphatic heterocycles. The number of carbonyl (C=O) groups excluding carboxylic acids is 2. The van der Waals surface area contributed by atoms with Crippen molar-refractivity contribution >= 4 is 17.7 Å². The summed E-state index contributed by atoms with van der Waals surface area (Å²) in [6, 6.07) is -1.24. The molecule has 0 unspecified atom stereocenters. The zero-order valence-electron chi connectivity index (χ0n) is 11.5. The summed E-state index contributed by atoms with van der Waals surface area (Å²) in [7, 11) is 0. The number of carboxylic acids is 1. The van der Waals surface area contributed by atoms with Crippen molar-refractivity contribution in [2.75, 3.05) is 6.61 Å². The summed E-state index contributed by atoms with van der Waals surface area (Å²) in [5.74, 6) is -3.39. The molecule has 0 aliphatic rings. The summed E-state index contributed by atoms with van der Waals surface area (Å²) < 4.78 is 0. The summed E-state index contributed by atoms with van der Waals surface area (Å²) in [5.41, 5.74) is 0. The van der Waals surface area contributed by atoms with E-state index in [1.807, 2.05) is 6.92 Å². The van der Waals surface area contributed by atoms with Gasteiger partial charge in [-0.3, -0.25) is 9.59 Å². The fourth-order valence-electron chi connectivity index (χ4n) is 1.60. The van der Waals surface area contributed by atoms with Gasteiger partial charge in [0.05, 0.1) is 0 Å². The summed E-state index contributed by atoms with van der Waals surface area (Å²) in [6.45, 7) is 3.16. The van der Waals surface area contributed by atoms with Gasteiger partial charge in [-0.2, -0.15) is 0 Å². The number of amides is 1. The van der Waals surface area contributed by atoms with Crippen molar-refractivity contribution in [3.05, 3.63) is 0 Å². The van der Waals surface area contributed by atoms with Gasteiger partial charge in [-0.05, 0) is 6.42 Å². The molecule has 0 spiro atoms. The van der Waals surface area contributed by atoms with Gasteiger partial charge in [0.25, 0.3) is 5.91 Å². The molecule has 6 nitrogen and oxygen atoms in total. The number of hydrogen-bond acceptors (Lipinski definition) is 4. The van der Waals surface area contributed by atoms with E-state index in [0.29, 0.717) is 6.42 Å². The maximum atomic E-state index is 11.5. The highest BCUT2D eigenvalue weighted by atomic mass is 16.4. The first-order chi connectivity index (χ1) is 8.93. The molecule has 0 saturated carbocycles. The lowest BCUT2D eigenvalue weighted by Crippen LogP contribution is -2.48. The van der Waals surface area contributed by atoms with E-state index in [1.165, 1.54) is 6.92 Å². The molecule has 0 aromatic rings. The number of rotatable bonds is 10. The number of aliphatic hydroxyl groups is 1. The third kappa shape index (κ3) is 6.91. The van der Waals surface area contributed by atoms with Crippen LogP contribution in [0.2, 0.25) is 0 Å². The lowest BCUT2D eigenvalue weighted by molar-refractivity contribution is -0.145. The van der Waals surface area contributed by atoms with E-state index >= 15 is 0 Å². The van der Waals surface area contributed by atoms with Crippen LogP contribution in [-0.4, -0.2) is 40.5 Å². The van der Waals surface area contributed by atoms with Gasteiger partial charge < -0.3 is 15.5 Å². The normalized spacial score (nSPS) is 13.6. The highest BCUT2D eigenvalue weighted by molar-refractivity contribution is 6.36. The molecule has 0 aliphatic carbocycles. The minimum absolute atomic E-state index is 0.131. The third-order valence-corrected chi connectivity index (χ3v) is 2.92. The highest BCUT2D eigenvalue weighted by Crippen LogP contribution is 2.05. The number of hydrogen-bond donors (Lipinski definition) is 3. The van der Waals surface area contributed by atoms with Gasteiger partial charge in [-0.15, -0.1) is 0 Å². The Balaban J connectivity index is 4.24. The zero-order chi connectivity index (χ0) is 14.8. The molecule has 0 saturated heterocycles. The Morgan fingerprint density at radius 2 is 1.79 bits per heavy atom. The van der Waals surface area contributed by atoms with Gasteiger partial charge >= 0.3 is 5.97 Å². The first kappa shape index (κ1) is 17.6. The molecule has 2 atom stereocenters. The maximum absolute atomic E-state index is 11.5. The summed E-state index contributed by atoms with van der Waals surface area (Å²) in [5, 5.41) is 20.0. The van der Waals surface area contributed by atoms with Gasteiger partial charge in [-0.1, -0.05) is 33.1 Å². The first-order valence-corrected chi connectivity index (χ1v) is 6.61. The van der Waals surface area contributed by atoms with Crippen LogP contribution in [0.15, 0.2) is 0 Å². The minimum atomic E-state index is -1.26. The molecule has 0 rings (SSSR count). The Labute approximate surface area is 113 Å². The first-order valence-electron chi connectivity index (χ1n) is 6.61. The SMILES string of the molecule is CCCCCCC(=O)C(=O)N[C@@H](C(=O)O)[C@H](C)CO. The largest absolute Gasteiger partial charge is 0.480 e. The number of nitrogens with one attached hydrogen (secondary N) is 1. The molecule has 0 bridgehead atoms. The second kappa shape index (κ2) is 9.49. The predicted octanol–water partition coefficient (Wildman–Crippen LogP) is 0.724. The van der Waals surface area contributed by atoms with Crippen LogP contribution >= 0.6 is 0 Å². The van der Waals surface area contributed by atoms with Crippen molar-refractivity contribution in [1.82, 2.24) is 5.32 Å². The number of carbonyl (C=O) groups is 3. The number of Topliss-reactive ketones (excluding diaryl/α,β-unsaturated/α-hetero) is 1. The van der Waals surface area contributed by atoms with E-state index in [9.17, 15) is 14.4 Å². The van der Waals surface area contributed by atoms with E-state index < -0.39 is 29.6 Å². The summed E-state index contributed by atoms with van der Waals surface area (Å²) in [6.07, 6.45) is 3.69. The van der Waals surface area contributed by atoms with Crippen LogP contribution in [0.1, 0.15) is 46.0 Å². The van der Waals surface area contributed by atoms with Crippen LogP contribution in [0.5, 0.6) is 0 Å². The topological polar surface area (TPSA) is 104 Å². The quantitative estimate of drug-likeness (QED) is 0.402. The number of unbranched alkanes of at least 4 members (excludes halogenated alkanes) is 3. The van der Waals surface area contributed by atoms with E-state index in [4.69, 9.17) is 10.2 Å². The minimum Gasteiger partial charge on any atom is -0.480 e. The average Bonchev–Trinajstić information content (AvgIpc) is 2.39. The molecule has 110 valence electrons. The third-order valence-electron chi connectivity index (χ3n) is 2.92. The smallest absolute Gasteiger partial charge is 0.326 e. The van der Waals surface area contributed by atoms with Gasteiger partial charge in [0.2, 0.25) is 5.78 Å². The van der Waals surface area contributed by atoms with E-state index in [-0.39, 0.29) is 13.0 Å². The molecule has 0 heterocycles. The Hall–Kier alpha value is -1.43. The van der Waals surface area contributed by atoms with Crippen molar-refractivity contribution < 1.29 is 24.6 Å². The lowest BCUT2D eigenvalue weighted by atomic mass is 10.0. The number of carboxylic acid groups (broad SMARTS) is 1. The predicted molar refractivity (Wildman–Crippen MR) is 69.6 cm³/mol. The summed E-state index contributed by atoms with van der Waals surface area (Å²) in [4.78, 5) is 34.0. The second-order valence-corrected chi connectivity index (χ2v) is 4.68. The molecule has 0 fully saturated rings. The monoisotopic (exact) mass is 273 g/mol. The molecule has 0 aromatic heterocycles. The van der Waals surface area contributed by atoms with Crippen molar-refractivity contribution in [3.8, 4) is 0 Å². The molecular formula is C13H23NO5. The van der Waals surface area contributed by atoms with Gasteiger partial charge in [-0.25, -0.2) is 4.79 Å². The van der Waals surface area contributed by atoms with Crippen LogP contribution in [0, 0.1) is 5.92 Å². The molecule has 0 radical (unpaired) electrons. The van der Waals surface area contributed by atoms with Crippen LogP contribution in [-0.2, 0) is 14.4 Å². The molecular weight excluding hydrogens is 250 g/mol. The standard InChI is InChI=1S/C13H23NO5/c1-3-4-5-6-7-10(16)12(17)14-11(13(18)19)9(2)8-15/h9,11,15H,3-8H2,1-2H3,(H,14,17)(H,18,19)/t9-,11-/m1/s1.